The number of rotatable bonds is 5. The average Bonchev–Trinajstić information content (AvgIpc) is 2.80. The summed E-state index contributed by atoms with van der Waals surface area (Å²) in [6, 6.07) is 4.30. The van der Waals surface area contributed by atoms with Crippen LogP contribution in [0.3, 0.4) is 0 Å². The van der Waals surface area contributed by atoms with Crippen molar-refractivity contribution < 1.29 is 22.7 Å². The summed E-state index contributed by atoms with van der Waals surface area (Å²) < 4.78 is 33.1. The van der Waals surface area contributed by atoms with E-state index in [9.17, 15) is 13.2 Å². The highest BCUT2D eigenvalue weighted by Gasteiger charge is 2.31. The van der Waals surface area contributed by atoms with E-state index in [0.717, 1.165) is 12.8 Å². The molecule has 110 valence electrons. The van der Waals surface area contributed by atoms with Gasteiger partial charge in [0.1, 0.15) is 5.75 Å². The zero-order valence-corrected chi connectivity index (χ0v) is 12.0. The number of carbonyl (C=O) groups is 1. The molecular weight excluding hydrogens is 282 g/mol. The number of hydrogen-bond acceptors (Lipinski definition) is 5. The predicted octanol–water partition coefficient (Wildman–Crippen LogP) is 0.981. The van der Waals surface area contributed by atoms with Crippen molar-refractivity contribution >= 4 is 16.0 Å². The zero-order chi connectivity index (χ0) is 14.8. The minimum Gasteiger partial charge on any atom is -0.478 e. The SMILES string of the molecule is CCCCOC(=O)C1Cc2cc(S(N)(=O)=O)ccc2O1. The topological polar surface area (TPSA) is 95.7 Å². The second-order valence-electron chi connectivity index (χ2n) is 4.65. The van der Waals surface area contributed by atoms with Gasteiger partial charge < -0.3 is 9.47 Å². The van der Waals surface area contributed by atoms with Gasteiger partial charge in [-0.2, -0.15) is 0 Å². The molecule has 0 aromatic heterocycles. The summed E-state index contributed by atoms with van der Waals surface area (Å²) in [5.41, 5.74) is 0.647. The first-order valence-corrected chi connectivity index (χ1v) is 7.95. The lowest BCUT2D eigenvalue weighted by Gasteiger charge is -2.09. The van der Waals surface area contributed by atoms with Gasteiger partial charge in [-0.1, -0.05) is 13.3 Å². The van der Waals surface area contributed by atoms with Crippen molar-refractivity contribution in [1.29, 1.82) is 0 Å². The number of benzene rings is 1. The number of fused-ring (bicyclic) bond motifs is 1. The average molecular weight is 299 g/mol. The fourth-order valence-electron chi connectivity index (χ4n) is 1.94. The number of sulfonamides is 1. The zero-order valence-electron chi connectivity index (χ0n) is 11.2. The highest BCUT2D eigenvalue weighted by Crippen LogP contribution is 2.31. The highest BCUT2D eigenvalue weighted by molar-refractivity contribution is 7.89. The molecule has 7 heteroatoms. The predicted molar refractivity (Wildman–Crippen MR) is 71.8 cm³/mol. The van der Waals surface area contributed by atoms with Gasteiger partial charge >= 0.3 is 5.97 Å². The first-order valence-electron chi connectivity index (χ1n) is 6.41. The molecule has 0 fully saturated rings. The quantitative estimate of drug-likeness (QED) is 0.646. The van der Waals surface area contributed by atoms with Gasteiger partial charge in [0.15, 0.2) is 6.10 Å². The summed E-state index contributed by atoms with van der Waals surface area (Å²) in [5.74, 6) is 0.0710. The Bertz CT molecular complexity index is 611. The van der Waals surface area contributed by atoms with Gasteiger partial charge in [0.25, 0.3) is 0 Å². The van der Waals surface area contributed by atoms with Crippen LogP contribution in [0, 0.1) is 0 Å². The molecule has 1 aliphatic heterocycles. The molecular formula is C13H17NO5S. The fraction of sp³-hybridized carbons (Fsp3) is 0.462. The third kappa shape index (κ3) is 3.29. The molecule has 0 amide bonds. The maximum Gasteiger partial charge on any atom is 0.347 e. The van der Waals surface area contributed by atoms with Gasteiger partial charge in [0.05, 0.1) is 11.5 Å². The molecule has 0 saturated heterocycles. The number of hydrogen-bond donors (Lipinski definition) is 1. The first-order chi connectivity index (χ1) is 9.41. The van der Waals surface area contributed by atoms with E-state index >= 15 is 0 Å². The molecule has 1 aromatic carbocycles. The van der Waals surface area contributed by atoms with Gasteiger partial charge in [-0.3, -0.25) is 0 Å². The Morgan fingerprint density at radius 1 is 1.50 bits per heavy atom. The van der Waals surface area contributed by atoms with Crippen LogP contribution in [0.15, 0.2) is 23.1 Å². The number of nitrogens with two attached hydrogens (primary N) is 1. The van der Waals surface area contributed by atoms with E-state index in [2.05, 4.69) is 0 Å². The Hall–Kier alpha value is -1.60. The van der Waals surface area contributed by atoms with Crippen molar-refractivity contribution in [3.05, 3.63) is 23.8 Å². The lowest BCUT2D eigenvalue weighted by atomic mass is 10.1. The molecule has 1 aromatic rings. The Morgan fingerprint density at radius 2 is 2.25 bits per heavy atom. The van der Waals surface area contributed by atoms with E-state index in [0.29, 0.717) is 24.3 Å². The Labute approximate surface area is 117 Å². The number of esters is 1. The van der Waals surface area contributed by atoms with Crippen molar-refractivity contribution in [2.45, 2.75) is 37.2 Å². The van der Waals surface area contributed by atoms with E-state index in [-0.39, 0.29) is 4.90 Å². The Morgan fingerprint density at radius 3 is 2.90 bits per heavy atom. The fourth-order valence-corrected chi connectivity index (χ4v) is 2.51. The third-order valence-corrected chi connectivity index (χ3v) is 3.95. The summed E-state index contributed by atoms with van der Waals surface area (Å²) in [4.78, 5) is 11.8. The summed E-state index contributed by atoms with van der Waals surface area (Å²) in [5, 5.41) is 5.07. The molecule has 1 aliphatic rings. The van der Waals surface area contributed by atoms with Crippen LogP contribution in [0.2, 0.25) is 0 Å². The second kappa shape index (κ2) is 5.80. The van der Waals surface area contributed by atoms with Gasteiger partial charge in [-0.15, -0.1) is 0 Å². The second-order valence-corrected chi connectivity index (χ2v) is 6.21. The molecule has 0 spiro atoms. The van der Waals surface area contributed by atoms with E-state index in [1.54, 1.807) is 0 Å². The van der Waals surface area contributed by atoms with Gasteiger partial charge in [0, 0.05) is 6.42 Å². The van der Waals surface area contributed by atoms with Crippen LogP contribution in [0.4, 0.5) is 0 Å². The van der Waals surface area contributed by atoms with Crippen molar-refractivity contribution in [1.82, 2.24) is 0 Å². The van der Waals surface area contributed by atoms with Crippen molar-refractivity contribution in [2.24, 2.45) is 5.14 Å². The van der Waals surface area contributed by atoms with Gasteiger partial charge in [-0.25, -0.2) is 18.4 Å². The Kier molecular flexibility index (Phi) is 4.29. The maximum atomic E-state index is 11.8. The van der Waals surface area contributed by atoms with Crippen molar-refractivity contribution in [2.75, 3.05) is 6.61 Å². The molecule has 1 atom stereocenters. The molecule has 1 heterocycles. The number of carbonyl (C=O) groups excluding carboxylic acids is 1. The van der Waals surface area contributed by atoms with E-state index in [4.69, 9.17) is 14.6 Å². The highest BCUT2D eigenvalue weighted by atomic mass is 32.2. The molecule has 0 bridgehead atoms. The van der Waals surface area contributed by atoms with Crippen molar-refractivity contribution in [3.8, 4) is 5.75 Å². The maximum absolute atomic E-state index is 11.8. The van der Waals surface area contributed by atoms with E-state index in [1.807, 2.05) is 6.92 Å². The van der Waals surface area contributed by atoms with E-state index < -0.39 is 22.1 Å². The van der Waals surface area contributed by atoms with Crippen LogP contribution in [-0.2, 0) is 26.0 Å². The summed E-state index contributed by atoms with van der Waals surface area (Å²) in [7, 11) is -3.75. The van der Waals surface area contributed by atoms with Crippen LogP contribution >= 0.6 is 0 Å². The Balaban J connectivity index is 2.06. The number of primary sulfonamides is 1. The normalized spacial score (nSPS) is 17.4. The largest absolute Gasteiger partial charge is 0.478 e. The molecule has 0 aliphatic carbocycles. The van der Waals surface area contributed by atoms with Crippen LogP contribution < -0.4 is 9.88 Å². The molecule has 0 radical (unpaired) electrons. The standard InChI is InChI=1S/C13H17NO5S/c1-2-3-6-18-13(15)12-8-9-7-10(20(14,16)17)4-5-11(9)19-12/h4-5,7,12H,2-3,6,8H2,1H3,(H2,14,16,17). The van der Waals surface area contributed by atoms with Gasteiger partial charge in [-0.05, 0) is 30.2 Å². The molecule has 6 nitrogen and oxygen atoms in total. The number of unbranched alkanes of at least 4 members (excludes halogenated alkanes) is 1. The van der Waals surface area contributed by atoms with Crippen LogP contribution in [0.1, 0.15) is 25.3 Å². The summed E-state index contributed by atoms with van der Waals surface area (Å²) in [6.45, 7) is 2.37. The lowest BCUT2D eigenvalue weighted by molar-refractivity contribution is -0.151. The van der Waals surface area contributed by atoms with Gasteiger partial charge in [0.2, 0.25) is 10.0 Å². The molecule has 1 unspecified atom stereocenters. The first kappa shape index (κ1) is 14.8. The number of ether oxygens (including phenoxy) is 2. The minimum atomic E-state index is -3.75. The lowest BCUT2D eigenvalue weighted by Crippen LogP contribution is -2.27. The molecule has 2 rings (SSSR count). The summed E-state index contributed by atoms with van der Waals surface area (Å²) >= 11 is 0. The minimum absolute atomic E-state index is 0.0138. The molecule has 2 N–H and O–H groups in total. The van der Waals surface area contributed by atoms with E-state index in [1.165, 1.54) is 18.2 Å². The molecule has 20 heavy (non-hydrogen) atoms. The monoisotopic (exact) mass is 299 g/mol. The summed E-state index contributed by atoms with van der Waals surface area (Å²) in [6.07, 6.45) is 1.33. The van der Waals surface area contributed by atoms with Crippen molar-refractivity contribution in [3.63, 3.8) is 0 Å². The molecule has 0 saturated carbocycles. The third-order valence-electron chi connectivity index (χ3n) is 3.04. The van der Waals surface area contributed by atoms with Crippen LogP contribution in [0.25, 0.3) is 0 Å². The van der Waals surface area contributed by atoms with Crippen LogP contribution in [-0.4, -0.2) is 27.1 Å². The van der Waals surface area contributed by atoms with Crippen LogP contribution in [0.5, 0.6) is 5.75 Å². The smallest absolute Gasteiger partial charge is 0.347 e.